The van der Waals surface area contributed by atoms with E-state index in [4.69, 9.17) is 9.26 Å². The van der Waals surface area contributed by atoms with E-state index >= 15 is 0 Å². The maximum absolute atomic E-state index is 12.0. The molecule has 1 aromatic rings. The molecule has 7 heteroatoms. The van der Waals surface area contributed by atoms with E-state index in [1.807, 2.05) is 0 Å². The van der Waals surface area contributed by atoms with Crippen LogP contribution in [0.25, 0.3) is 0 Å². The summed E-state index contributed by atoms with van der Waals surface area (Å²) in [5.74, 6) is -0.792. The number of rotatable bonds is 6. The molecule has 7 nitrogen and oxygen atoms in total. The van der Waals surface area contributed by atoms with Crippen LogP contribution in [0.4, 0.5) is 0 Å². The molecule has 1 heterocycles. The summed E-state index contributed by atoms with van der Waals surface area (Å²) < 4.78 is 9.49. The van der Waals surface area contributed by atoms with Crippen LogP contribution in [0, 0.1) is 6.92 Å². The molecule has 0 fully saturated rings. The number of ether oxygens (including phenoxy) is 1. The van der Waals surface area contributed by atoms with Crippen LogP contribution in [0.1, 0.15) is 23.4 Å². The molecule has 0 spiro atoms. The molecule has 0 saturated carbocycles. The largest absolute Gasteiger partial charge is 0.465 e. The average molecular weight is 253 g/mol. The number of amides is 1. The van der Waals surface area contributed by atoms with Crippen molar-refractivity contribution in [1.29, 1.82) is 0 Å². The number of esters is 1. The van der Waals surface area contributed by atoms with Crippen molar-refractivity contribution < 1.29 is 18.8 Å². The lowest BCUT2D eigenvalue weighted by molar-refractivity contribution is -0.143. The summed E-state index contributed by atoms with van der Waals surface area (Å²) in [5.41, 5.74) is 0. The second-order valence-electron chi connectivity index (χ2n) is 3.42. The van der Waals surface area contributed by atoms with Crippen LogP contribution in [-0.4, -0.2) is 46.6 Å². The van der Waals surface area contributed by atoms with Crippen molar-refractivity contribution in [3.8, 4) is 0 Å². The fraction of sp³-hybridized carbons (Fsp3) is 0.455. The number of aryl methyl sites for hydroxylation is 1. The fourth-order valence-electron chi connectivity index (χ4n) is 1.27. The Balaban J connectivity index is 2.74. The minimum Gasteiger partial charge on any atom is -0.465 e. The van der Waals surface area contributed by atoms with Gasteiger partial charge in [-0.15, -0.1) is 6.58 Å². The molecule has 0 saturated heterocycles. The van der Waals surface area contributed by atoms with Crippen molar-refractivity contribution in [3.63, 3.8) is 0 Å². The third kappa shape index (κ3) is 3.69. The summed E-state index contributed by atoms with van der Waals surface area (Å²) in [6, 6.07) is 0. The van der Waals surface area contributed by atoms with Crippen LogP contribution in [0.5, 0.6) is 0 Å². The van der Waals surface area contributed by atoms with E-state index < -0.39 is 11.9 Å². The Morgan fingerprint density at radius 1 is 1.56 bits per heavy atom. The van der Waals surface area contributed by atoms with Gasteiger partial charge in [0, 0.05) is 13.5 Å². The SMILES string of the molecule is C=CCN(CC(=O)OCC)C(=O)c1noc(C)n1. The van der Waals surface area contributed by atoms with Gasteiger partial charge in [-0.25, -0.2) is 0 Å². The van der Waals surface area contributed by atoms with Gasteiger partial charge >= 0.3 is 5.97 Å². The maximum Gasteiger partial charge on any atom is 0.325 e. The van der Waals surface area contributed by atoms with Gasteiger partial charge in [0.05, 0.1) is 6.61 Å². The van der Waals surface area contributed by atoms with Gasteiger partial charge in [-0.3, -0.25) is 9.59 Å². The molecule has 98 valence electrons. The first kappa shape index (κ1) is 13.9. The molecule has 1 aromatic heterocycles. The van der Waals surface area contributed by atoms with Crippen LogP contribution in [-0.2, 0) is 9.53 Å². The van der Waals surface area contributed by atoms with E-state index in [1.165, 1.54) is 11.0 Å². The Morgan fingerprint density at radius 3 is 2.78 bits per heavy atom. The van der Waals surface area contributed by atoms with Crippen molar-refractivity contribution in [2.75, 3.05) is 19.7 Å². The van der Waals surface area contributed by atoms with E-state index in [2.05, 4.69) is 16.7 Å². The molecule has 0 atom stereocenters. The third-order valence-electron chi connectivity index (χ3n) is 1.98. The highest BCUT2D eigenvalue weighted by Gasteiger charge is 2.22. The highest BCUT2D eigenvalue weighted by atomic mass is 16.5. The molecule has 0 unspecified atom stereocenters. The summed E-state index contributed by atoms with van der Waals surface area (Å²) in [6.45, 7) is 7.08. The van der Waals surface area contributed by atoms with Crippen molar-refractivity contribution in [1.82, 2.24) is 15.0 Å². The predicted molar refractivity (Wildman–Crippen MR) is 61.8 cm³/mol. The van der Waals surface area contributed by atoms with Gasteiger partial charge in [0.2, 0.25) is 5.89 Å². The quantitative estimate of drug-likeness (QED) is 0.544. The average Bonchev–Trinajstić information content (AvgIpc) is 2.75. The van der Waals surface area contributed by atoms with E-state index in [0.717, 1.165) is 0 Å². The molecule has 1 rings (SSSR count). The van der Waals surface area contributed by atoms with Gasteiger partial charge in [0.25, 0.3) is 11.7 Å². The standard InChI is InChI=1S/C11H15N3O4/c1-4-6-14(7-9(15)17-5-2)11(16)10-12-8(3)18-13-10/h4H,1,5-7H2,2-3H3. The molecular weight excluding hydrogens is 238 g/mol. The molecular formula is C11H15N3O4. The summed E-state index contributed by atoms with van der Waals surface area (Å²) in [5, 5.41) is 3.51. The third-order valence-corrected chi connectivity index (χ3v) is 1.98. The lowest BCUT2D eigenvalue weighted by atomic mass is 10.4. The molecule has 0 aliphatic carbocycles. The van der Waals surface area contributed by atoms with Crippen LogP contribution in [0.15, 0.2) is 17.2 Å². The van der Waals surface area contributed by atoms with E-state index in [0.29, 0.717) is 0 Å². The number of aromatic nitrogens is 2. The van der Waals surface area contributed by atoms with E-state index in [-0.39, 0.29) is 31.4 Å². The number of hydrogen-bond donors (Lipinski definition) is 0. The minimum atomic E-state index is -0.500. The first-order valence-electron chi connectivity index (χ1n) is 5.44. The second-order valence-corrected chi connectivity index (χ2v) is 3.42. The summed E-state index contributed by atoms with van der Waals surface area (Å²) in [7, 11) is 0. The summed E-state index contributed by atoms with van der Waals surface area (Å²) in [6.07, 6.45) is 1.50. The molecule has 0 aromatic carbocycles. The summed E-state index contributed by atoms with van der Waals surface area (Å²) in [4.78, 5) is 28.4. The van der Waals surface area contributed by atoms with Crippen molar-refractivity contribution in [3.05, 3.63) is 24.4 Å². The summed E-state index contributed by atoms with van der Waals surface area (Å²) >= 11 is 0. The Labute approximate surface area is 104 Å². The van der Waals surface area contributed by atoms with Crippen molar-refractivity contribution in [2.45, 2.75) is 13.8 Å². The Morgan fingerprint density at radius 2 is 2.28 bits per heavy atom. The molecule has 1 amide bonds. The topological polar surface area (TPSA) is 85.5 Å². The van der Waals surface area contributed by atoms with Gasteiger partial charge in [-0.05, 0) is 6.92 Å². The van der Waals surface area contributed by atoms with E-state index in [9.17, 15) is 9.59 Å². The second kappa shape index (κ2) is 6.53. The van der Waals surface area contributed by atoms with Crippen LogP contribution >= 0.6 is 0 Å². The monoisotopic (exact) mass is 253 g/mol. The maximum atomic E-state index is 12.0. The molecule has 0 N–H and O–H groups in total. The zero-order valence-electron chi connectivity index (χ0n) is 10.4. The van der Waals surface area contributed by atoms with E-state index in [1.54, 1.807) is 13.8 Å². The predicted octanol–water partition coefficient (Wildman–Crippen LogP) is 0.569. The van der Waals surface area contributed by atoms with Crippen LogP contribution < -0.4 is 0 Å². The lowest BCUT2D eigenvalue weighted by Gasteiger charge is -2.17. The van der Waals surface area contributed by atoms with Crippen LogP contribution in [0.2, 0.25) is 0 Å². The molecule has 0 bridgehead atoms. The van der Waals surface area contributed by atoms with Gasteiger partial charge in [-0.2, -0.15) is 4.98 Å². The fourth-order valence-corrected chi connectivity index (χ4v) is 1.27. The highest BCUT2D eigenvalue weighted by molar-refractivity contribution is 5.92. The number of carbonyl (C=O) groups excluding carboxylic acids is 2. The lowest BCUT2D eigenvalue weighted by Crippen LogP contribution is -2.37. The Hall–Kier alpha value is -2.18. The number of nitrogens with zero attached hydrogens (tertiary/aromatic N) is 3. The molecule has 18 heavy (non-hydrogen) atoms. The molecule has 0 radical (unpaired) electrons. The first-order valence-corrected chi connectivity index (χ1v) is 5.44. The molecule has 0 aliphatic heterocycles. The zero-order valence-corrected chi connectivity index (χ0v) is 10.4. The van der Waals surface area contributed by atoms with Crippen molar-refractivity contribution in [2.24, 2.45) is 0 Å². The molecule has 0 aliphatic rings. The first-order chi connectivity index (χ1) is 8.58. The van der Waals surface area contributed by atoms with Gasteiger partial charge in [0.15, 0.2) is 0 Å². The normalized spacial score (nSPS) is 9.89. The highest BCUT2D eigenvalue weighted by Crippen LogP contribution is 2.02. The van der Waals surface area contributed by atoms with Gasteiger partial charge in [-0.1, -0.05) is 11.2 Å². The van der Waals surface area contributed by atoms with Gasteiger partial charge in [0.1, 0.15) is 6.54 Å². The Bertz CT molecular complexity index is 441. The minimum absolute atomic E-state index is 0.0846. The number of hydrogen-bond acceptors (Lipinski definition) is 6. The van der Waals surface area contributed by atoms with Crippen molar-refractivity contribution >= 4 is 11.9 Å². The van der Waals surface area contributed by atoms with Gasteiger partial charge < -0.3 is 14.2 Å². The smallest absolute Gasteiger partial charge is 0.325 e. The number of carbonyl (C=O) groups is 2. The Kier molecular flexibility index (Phi) is 5.04. The zero-order chi connectivity index (χ0) is 13.5. The van der Waals surface area contributed by atoms with Crippen LogP contribution in [0.3, 0.4) is 0 Å².